The van der Waals surface area contributed by atoms with Gasteiger partial charge in [0.05, 0.1) is 23.8 Å². The van der Waals surface area contributed by atoms with Gasteiger partial charge in [-0.2, -0.15) is 13.2 Å². The fraction of sp³-hybridized carbons (Fsp3) is 0.417. The summed E-state index contributed by atoms with van der Waals surface area (Å²) in [6.45, 7) is 5.61. The van der Waals surface area contributed by atoms with E-state index in [-0.39, 0.29) is 35.2 Å². The molecule has 3 heterocycles. The Kier molecular flexibility index (Phi) is 8.05. The molecule has 0 bridgehead atoms. The number of amides is 1. The Morgan fingerprint density at radius 1 is 1.27 bits per heavy atom. The Hall–Kier alpha value is -3.16. The van der Waals surface area contributed by atoms with E-state index in [4.69, 9.17) is 9.47 Å². The van der Waals surface area contributed by atoms with Crippen LogP contribution in [0.5, 0.6) is 5.75 Å². The normalized spacial score (nSPS) is 17.4. The number of carbonyl (C=O) groups excluding carboxylic acids is 1. The Balaban J connectivity index is 1.57. The molecule has 0 unspecified atom stereocenters. The molecule has 0 radical (unpaired) electrons. The summed E-state index contributed by atoms with van der Waals surface area (Å²) < 4.78 is 65.4. The molecule has 37 heavy (non-hydrogen) atoms. The van der Waals surface area contributed by atoms with Gasteiger partial charge in [-0.1, -0.05) is 0 Å². The molecule has 1 aliphatic heterocycles. The molecule has 198 valence electrons. The number of alkyl halides is 3. The highest BCUT2D eigenvalue weighted by Gasteiger charge is 2.34. The second-order valence-electron chi connectivity index (χ2n) is 8.71. The fourth-order valence-corrected chi connectivity index (χ4v) is 4.48. The highest BCUT2D eigenvalue weighted by Crippen LogP contribution is 2.33. The van der Waals surface area contributed by atoms with Gasteiger partial charge in [-0.05, 0) is 33.0 Å². The number of nitrogens with one attached hydrogen (secondary N) is 1. The lowest BCUT2D eigenvalue weighted by atomic mass is 10.1. The molecule has 4 rings (SSSR count). The van der Waals surface area contributed by atoms with Gasteiger partial charge >= 0.3 is 6.18 Å². The molecule has 1 amide bonds. The quantitative estimate of drug-likeness (QED) is 0.449. The van der Waals surface area contributed by atoms with E-state index >= 15 is 4.39 Å². The van der Waals surface area contributed by atoms with Crippen molar-refractivity contribution >= 4 is 17.2 Å². The number of hydrogen-bond acceptors (Lipinski definition) is 8. The highest BCUT2D eigenvalue weighted by atomic mass is 32.1. The zero-order chi connectivity index (χ0) is 26.7. The number of ether oxygens (including phenoxy) is 2. The maximum absolute atomic E-state index is 15.6. The van der Waals surface area contributed by atoms with Crippen molar-refractivity contribution in [3.63, 3.8) is 0 Å². The maximum Gasteiger partial charge on any atom is 0.451 e. The van der Waals surface area contributed by atoms with Gasteiger partial charge in [0.25, 0.3) is 5.91 Å². The molecular formula is C24H25F4N5O3S. The van der Waals surface area contributed by atoms with Crippen LogP contribution >= 0.6 is 11.3 Å². The van der Waals surface area contributed by atoms with Crippen molar-refractivity contribution in [1.82, 2.24) is 25.2 Å². The number of benzene rings is 1. The molecule has 1 aromatic carbocycles. The molecule has 2 atom stereocenters. The van der Waals surface area contributed by atoms with E-state index in [1.165, 1.54) is 30.4 Å². The number of aryl methyl sites for hydroxylation is 1. The molecule has 1 aliphatic rings. The van der Waals surface area contributed by atoms with E-state index in [0.717, 1.165) is 23.8 Å². The Morgan fingerprint density at radius 2 is 2.00 bits per heavy atom. The van der Waals surface area contributed by atoms with Gasteiger partial charge < -0.3 is 19.7 Å². The summed E-state index contributed by atoms with van der Waals surface area (Å²) in [6, 6.07) is 1.98. The van der Waals surface area contributed by atoms with Crippen LogP contribution in [-0.4, -0.2) is 65.2 Å². The monoisotopic (exact) mass is 539 g/mol. The Morgan fingerprint density at radius 3 is 2.62 bits per heavy atom. The number of thiazole rings is 1. The first-order valence-corrected chi connectivity index (χ1v) is 12.2. The topological polar surface area (TPSA) is 89.5 Å². The van der Waals surface area contributed by atoms with Crippen LogP contribution in [0.1, 0.15) is 39.6 Å². The van der Waals surface area contributed by atoms with E-state index in [2.05, 4.69) is 25.2 Å². The first kappa shape index (κ1) is 26.9. The second-order valence-corrected chi connectivity index (χ2v) is 9.94. The Bertz CT molecular complexity index is 1250. The molecule has 0 aliphatic carbocycles. The first-order chi connectivity index (χ1) is 17.5. The zero-order valence-corrected chi connectivity index (χ0v) is 21.1. The van der Waals surface area contributed by atoms with Gasteiger partial charge in [0.2, 0.25) is 5.82 Å². The van der Waals surface area contributed by atoms with Gasteiger partial charge in [0, 0.05) is 42.1 Å². The highest BCUT2D eigenvalue weighted by molar-refractivity contribution is 7.14. The van der Waals surface area contributed by atoms with E-state index in [1.807, 2.05) is 14.0 Å². The molecule has 0 spiro atoms. The number of halogens is 4. The van der Waals surface area contributed by atoms with Crippen molar-refractivity contribution in [3.8, 4) is 16.3 Å². The van der Waals surface area contributed by atoms with Crippen LogP contribution in [-0.2, 0) is 10.9 Å². The van der Waals surface area contributed by atoms with Gasteiger partial charge in [-0.25, -0.2) is 19.3 Å². The summed E-state index contributed by atoms with van der Waals surface area (Å²) in [5, 5.41) is 2.97. The maximum atomic E-state index is 15.6. The van der Waals surface area contributed by atoms with Crippen molar-refractivity contribution < 1.29 is 31.8 Å². The van der Waals surface area contributed by atoms with Crippen LogP contribution in [0.3, 0.4) is 0 Å². The molecule has 8 nitrogen and oxygen atoms in total. The third kappa shape index (κ3) is 6.59. The molecular weight excluding hydrogens is 514 g/mol. The number of nitrogens with zero attached hydrogens (tertiary/aromatic N) is 4. The lowest BCUT2D eigenvalue weighted by Gasteiger charge is -2.29. The summed E-state index contributed by atoms with van der Waals surface area (Å²) in [5.41, 5.74) is 0.0400. The minimum atomic E-state index is -4.68. The summed E-state index contributed by atoms with van der Waals surface area (Å²) in [7, 11) is 1.97. The Labute approximate surface area is 214 Å². The number of hydrogen-bond donors (Lipinski definition) is 1. The van der Waals surface area contributed by atoms with Crippen molar-refractivity contribution in [1.29, 1.82) is 0 Å². The lowest BCUT2D eigenvalue weighted by molar-refractivity contribution is -0.145. The molecule has 2 aromatic heterocycles. The van der Waals surface area contributed by atoms with Gasteiger partial charge in [-0.3, -0.25) is 4.79 Å². The molecule has 1 saturated heterocycles. The van der Waals surface area contributed by atoms with Crippen LogP contribution in [0.2, 0.25) is 0 Å². The smallest absolute Gasteiger partial charge is 0.451 e. The van der Waals surface area contributed by atoms with Crippen molar-refractivity contribution in [2.75, 3.05) is 33.4 Å². The molecule has 13 heteroatoms. The van der Waals surface area contributed by atoms with E-state index in [1.54, 1.807) is 6.20 Å². The van der Waals surface area contributed by atoms with Crippen molar-refractivity contribution in [2.45, 2.75) is 32.2 Å². The average molecular weight is 540 g/mol. The SMILES string of the molecule is Cc1cnc(-c2cc(OC[C@H]3CN(C)CCO3)cc(C(=O)N[C@H](C)c3cnc(C(F)(F)F)nc3)c2F)s1. The van der Waals surface area contributed by atoms with Crippen LogP contribution < -0.4 is 10.1 Å². The van der Waals surface area contributed by atoms with Crippen LogP contribution in [0, 0.1) is 12.7 Å². The van der Waals surface area contributed by atoms with Crippen LogP contribution in [0.15, 0.2) is 30.7 Å². The van der Waals surface area contributed by atoms with Crippen molar-refractivity contribution in [3.05, 3.63) is 58.4 Å². The second kappa shape index (κ2) is 11.1. The van der Waals surface area contributed by atoms with E-state index in [9.17, 15) is 18.0 Å². The lowest BCUT2D eigenvalue weighted by Crippen LogP contribution is -2.42. The molecule has 1 fully saturated rings. The van der Waals surface area contributed by atoms with E-state index < -0.39 is 29.8 Å². The minimum Gasteiger partial charge on any atom is -0.491 e. The van der Waals surface area contributed by atoms with Gasteiger partial charge in [0.1, 0.15) is 29.3 Å². The molecule has 1 N–H and O–H groups in total. The largest absolute Gasteiger partial charge is 0.491 e. The van der Waals surface area contributed by atoms with Gasteiger partial charge in [0.15, 0.2) is 0 Å². The first-order valence-electron chi connectivity index (χ1n) is 11.4. The van der Waals surface area contributed by atoms with Crippen LogP contribution in [0.25, 0.3) is 10.6 Å². The standard InChI is InChI=1S/C24H25F4N5O3S/c1-13-8-29-22(37-13)19-7-16(36-12-17-11-33(3)4-5-35-17)6-18(20(19)25)21(34)32-14(2)15-9-30-23(31-10-15)24(26,27)28/h6-10,14,17H,4-5,11-12H2,1-3H3,(H,32,34)/t14-,17-/m1/s1. The molecule has 3 aromatic rings. The third-order valence-electron chi connectivity index (χ3n) is 5.69. The number of carbonyl (C=O) groups is 1. The third-order valence-corrected chi connectivity index (χ3v) is 6.64. The summed E-state index contributed by atoms with van der Waals surface area (Å²) in [4.78, 5) is 26.9. The van der Waals surface area contributed by atoms with E-state index in [0.29, 0.717) is 18.2 Å². The predicted molar refractivity (Wildman–Crippen MR) is 128 cm³/mol. The summed E-state index contributed by atoms with van der Waals surface area (Å²) >= 11 is 1.27. The minimum absolute atomic E-state index is 0.105. The average Bonchev–Trinajstić information content (AvgIpc) is 3.28. The number of aromatic nitrogens is 3. The van der Waals surface area contributed by atoms with Gasteiger partial charge in [-0.15, -0.1) is 11.3 Å². The number of morpholine rings is 1. The van der Waals surface area contributed by atoms with Crippen molar-refractivity contribution in [2.24, 2.45) is 0 Å². The predicted octanol–water partition coefficient (Wildman–Crippen LogP) is 4.27. The number of rotatable bonds is 7. The zero-order valence-electron chi connectivity index (χ0n) is 20.3. The summed E-state index contributed by atoms with van der Waals surface area (Å²) in [6.07, 6.45) is -1.32. The van der Waals surface area contributed by atoms with Crippen LogP contribution in [0.4, 0.5) is 17.6 Å². The fourth-order valence-electron chi connectivity index (χ4n) is 3.70. The summed E-state index contributed by atoms with van der Waals surface area (Å²) in [5.74, 6) is -2.60. The molecule has 0 saturated carbocycles. The number of likely N-dealkylation sites (N-methyl/N-ethyl adjacent to an activating group) is 1.